The van der Waals surface area contributed by atoms with Gasteiger partial charge < -0.3 is 10.6 Å². The molecule has 112 valence electrons. The van der Waals surface area contributed by atoms with Crippen molar-refractivity contribution in [3.63, 3.8) is 0 Å². The Labute approximate surface area is 118 Å². The Bertz CT molecular complexity index is 237. The number of hydrogen-bond acceptors (Lipinski definition) is 2. The molecule has 1 rings (SSSR count). The first-order valence-corrected chi connectivity index (χ1v) is 8.24. The van der Waals surface area contributed by atoms with Crippen LogP contribution in [0.25, 0.3) is 0 Å². The number of rotatable bonds is 9. The topological polar surface area (TPSA) is 41.1 Å². The monoisotopic (exact) mass is 268 g/mol. The smallest absolute Gasteiger partial charge is 0.220 e. The molecule has 0 aliphatic carbocycles. The van der Waals surface area contributed by atoms with Gasteiger partial charge in [0.15, 0.2) is 0 Å². The predicted molar refractivity (Wildman–Crippen MR) is 81.2 cm³/mol. The van der Waals surface area contributed by atoms with Gasteiger partial charge in [-0.25, -0.2) is 0 Å². The minimum Gasteiger partial charge on any atom is -0.353 e. The fourth-order valence-electron chi connectivity index (χ4n) is 2.82. The van der Waals surface area contributed by atoms with Crippen LogP contribution < -0.4 is 10.6 Å². The van der Waals surface area contributed by atoms with Gasteiger partial charge in [0.1, 0.15) is 0 Å². The molecule has 0 bridgehead atoms. The lowest BCUT2D eigenvalue weighted by atomic mass is 9.92. The normalized spacial score (nSPS) is 21.1. The third-order valence-electron chi connectivity index (χ3n) is 4.19. The van der Waals surface area contributed by atoms with Gasteiger partial charge in [-0.3, -0.25) is 4.79 Å². The lowest BCUT2D eigenvalue weighted by Crippen LogP contribution is -2.44. The molecular weight excluding hydrogens is 236 g/mol. The van der Waals surface area contributed by atoms with Crippen LogP contribution in [-0.4, -0.2) is 25.0 Å². The number of nitrogens with one attached hydrogen (secondary N) is 2. The largest absolute Gasteiger partial charge is 0.353 e. The van der Waals surface area contributed by atoms with Gasteiger partial charge in [-0.2, -0.15) is 0 Å². The first-order chi connectivity index (χ1) is 9.24. The molecule has 1 aliphatic heterocycles. The molecule has 0 radical (unpaired) electrons. The lowest BCUT2D eigenvalue weighted by Gasteiger charge is -2.28. The summed E-state index contributed by atoms with van der Waals surface area (Å²) < 4.78 is 0. The molecule has 1 amide bonds. The highest BCUT2D eigenvalue weighted by molar-refractivity contribution is 5.76. The molecule has 3 nitrogen and oxygen atoms in total. The van der Waals surface area contributed by atoms with E-state index in [9.17, 15) is 4.79 Å². The first kappa shape index (κ1) is 16.5. The van der Waals surface area contributed by atoms with Crippen LogP contribution in [0.4, 0.5) is 0 Å². The maximum atomic E-state index is 11.9. The molecule has 1 aliphatic rings. The summed E-state index contributed by atoms with van der Waals surface area (Å²) in [6, 6.07) is 0.320. The average Bonchev–Trinajstić information content (AvgIpc) is 2.43. The Morgan fingerprint density at radius 3 is 2.68 bits per heavy atom. The van der Waals surface area contributed by atoms with Crippen LogP contribution >= 0.6 is 0 Å². The van der Waals surface area contributed by atoms with E-state index < -0.39 is 0 Å². The van der Waals surface area contributed by atoms with E-state index in [1.165, 1.54) is 44.9 Å². The van der Waals surface area contributed by atoms with Crippen LogP contribution in [0.5, 0.6) is 0 Å². The summed E-state index contributed by atoms with van der Waals surface area (Å²) in [4.78, 5) is 11.9. The van der Waals surface area contributed by atoms with Gasteiger partial charge in [0.2, 0.25) is 5.91 Å². The molecule has 19 heavy (non-hydrogen) atoms. The molecule has 0 aromatic carbocycles. The van der Waals surface area contributed by atoms with E-state index in [0.717, 1.165) is 19.5 Å². The van der Waals surface area contributed by atoms with E-state index in [0.29, 0.717) is 18.4 Å². The second-order valence-corrected chi connectivity index (χ2v) is 5.98. The molecule has 0 saturated carbocycles. The summed E-state index contributed by atoms with van der Waals surface area (Å²) in [5, 5.41) is 6.58. The van der Waals surface area contributed by atoms with Crippen molar-refractivity contribution in [3.05, 3.63) is 0 Å². The van der Waals surface area contributed by atoms with Crippen molar-refractivity contribution >= 4 is 5.91 Å². The fraction of sp³-hybridized carbons (Fsp3) is 0.938. The van der Waals surface area contributed by atoms with Crippen molar-refractivity contribution in [3.8, 4) is 0 Å². The van der Waals surface area contributed by atoms with Crippen molar-refractivity contribution in [1.82, 2.24) is 10.6 Å². The fourth-order valence-corrected chi connectivity index (χ4v) is 2.82. The van der Waals surface area contributed by atoms with Crippen LogP contribution in [0.15, 0.2) is 0 Å². The third kappa shape index (κ3) is 7.56. The van der Waals surface area contributed by atoms with E-state index in [-0.39, 0.29) is 5.91 Å². The van der Waals surface area contributed by atoms with Crippen LogP contribution in [0.2, 0.25) is 0 Å². The number of carbonyl (C=O) groups excluding carboxylic acids is 1. The number of hydrogen-bond donors (Lipinski definition) is 2. The number of piperidine rings is 1. The molecular formula is C16H32N2O. The Balaban J connectivity index is 2.02. The minimum atomic E-state index is 0.244. The number of amides is 1. The third-order valence-corrected chi connectivity index (χ3v) is 4.19. The van der Waals surface area contributed by atoms with Crippen LogP contribution in [0.1, 0.15) is 71.6 Å². The molecule has 1 fully saturated rings. The number of carbonyl (C=O) groups is 1. The van der Waals surface area contributed by atoms with Crippen LogP contribution in [-0.2, 0) is 4.79 Å². The van der Waals surface area contributed by atoms with E-state index in [1.807, 2.05) is 0 Å². The van der Waals surface area contributed by atoms with Gasteiger partial charge in [-0.05, 0) is 45.2 Å². The van der Waals surface area contributed by atoms with E-state index >= 15 is 0 Å². The molecule has 1 heterocycles. The summed E-state index contributed by atoms with van der Waals surface area (Å²) in [5.74, 6) is 0.857. The van der Waals surface area contributed by atoms with Crippen molar-refractivity contribution in [2.24, 2.45) is 5.92 Å². The molecule has 1 saturated heterocycles. The zero-order valence-electron chi connectivity index (χ0n) is 12.8. The standard InChI is InChI=1S/C16H32N2O/c1-3-4-5-6-7-8-11-16(19)18-14(2)15-10-9-12-17-13-15/h14-15,17H,3-13H2,1-2H3,(H,18,19). The summed E-state index contributed by atoms with van der Waals surface area (Å²) in [5.41, 5.74) is 0. The van der Waals surface area contributed by atoms with Gasteiger partial charge in [0.25, 0.3) is 0 Å². The molecule has 2 unspecified atom stereocenters. The zero-order valence-corrected chi connectivity index (χ0v) is 12.8. The molecule has 0 aromatic rings. The Morgan fingerprint density at radius 1 is 1.26 bits per heavy atom. The van der Waals surface area contributed by atoms with E-state index in [2.05, 4.69) is 24.5 Å². The van der Waals surface area contributed by atoms with Crippen LogP contribution in [0, 0.1) is 5.92 Å². The predicted octanol–water partition coefficient (Wildman–Crippen LogP) is 3.24. The van der Waals surface area contributed by atoms with Gasteiger partial charge in [0, 0.05) is 12.5 Å². The lowest BCUT2D eigenvalue weighted by molar-refractivity contribution is -0.122. The maximum Gasteiger partial charge on any atom is 0.220 e. The summed E-state index contributed by atoms with van der Waals surface area (Å²) >= 11 is 0. The van der Waals surface area contributed by atoms with Crippen molar-refractivity contribution in [2.75, 3.05) is 13.1 Å². The number of unbranched alkanes of at least 4 members (excludes halogenated alkanes) is 5. The van der Waals surface area contributed by atoms with Gasteiger partial charge in [0.05, 0.1) is 0 Å². The highest BCUT2D eigenvalue weighted by atomic mass is 16.1. The van der Waals surface area contributed by atoms with Crippen molar-refractivity contribution in [2.45, 2.75) is 77.7 Å². The molecule has 2 N–H and O–H groups in total. The van der Waals surface area contributed by atoms with Crippen molar-refractivity contribution in [1.29, 1.82) is 0 Å². The Kier molecular flexibility index (Phi) is 8.89. The highest BCUT2D eigenvalue weighted by Gasteiger charge is 2.20. The maximum absolute atomic E-state index is 11.9. The van der Waals surface area contributed by atoms with E-state index in [4.69, 9.17) is 0 Å². The average molecular weight is 268 g/mol. The zero-order chi connectivity index (χ0) is 13.9. The van der Waals surface area contributed by atoms with Crippen molar-refractivity contribution < 1.29 is 4.79 Å². The second kappa shape index (κ2) is 10.2. The summed E-state index contributed by atoms with van der Waals surface area (Å²) in [7, 11) is 0. The SMILES string of the molecule is CCCCCCCCC(=O)NC(C)C1CCCNC1. The van der Waals surface area contributed by atoms with Crippen LogP contribution in [0.3, 0.4) is 0 Å². The van der Waals surface area contributed by atoms with Gasteiger partial charge in [-0.15, -0.1) is 0 Å². The molecule has 0 spiro atoms. The molecule has 0 aromatic heterocycles. The quantitative estimate of drug-likeness (QED) is 0.630. The Hall–Kier alpha value is -0.570. The van der Waals surface area contributed by atoms with Gasteiger partial charge in [-0.1, -0.05) is 39.0 Å². The molecule has 2 atom stereocenters. The summed E-state index contributed by atoms with van der Waals surface area (Å²) in [6.07, 6.45) is 10.7. The first-order valence-electron chi connectivity index (χ1n) is 8.24. The Morgan fingerprint density at radius 2 is 2.00 bits per heavy atom. The second-order valence-electron chi connectivity index (χ2n) is 5.98. The highest BCUT2D eigenvalue weighted by Crippen LogP contribution is 2.14. The van der Waals surface area contributed by atoms with Gasteiger partial charge >= 0.3 is 0 Å². The minimum absolute atomic E-state index is 0.244. The molecule has 3 heteroatoms. The van der Waals surface area contributed by atoms with E-state index in [1.54, 1.807) is 0 Å². The summed E-state index contributed by atoms with van der Waals surface area (Å²) in [6.45, 7) is 6.57.